The molecule has 1 aliphatic rings. The lowest BCUT2D eigenvalue weighted by molar-refractivity contribution is -0.133. The van der Waals surface area contributed by atoms with E-state index in [0.29, 0.717) is 6.54 Å². The molecule has 0 spiro atoms. The molecular weight excluding hydrogens is 255 g/mol. The summed E-state index contributed by atoms with van der Waals surface area (Å²) in [6.45, 7) is 2.31. The second-order valence-electron chi connectivity index (χ2n) is 5.79. The van der Waals surface area contributed by atoms with Gasteiger partial charge in [-0.25, -0.2) is 4.39 Å². The lowest BCUT2D eigenvalue weighted by atomic mass is 9.73. The number of rotatable bonds is 4. The molecule has 1 atom stereocenters. The van der Waals surface area contributed by atoms with E-state index in [9.17, 15) is 9.18 Å². The number of nitrogens with two attached hydrogens (primary N) is 1. The van der Waals surface area contributed by atoms with Crippen molar-refractivity contribution in [2.75, 3.05) is 6.54 Å². The first-order valence-corrected chi connectivity index (χ1v) is 7.34. The molecule has 1 saturated carbocycles. The second kappa shape index (κ2) is 6.35. The van der Waals surface area contributed by atoms with Gasteiger partial charge in [-0.3, -0.25) is 4.79 Å². The van der Waals surface area contributed by atoms with Crippen molar-refractivity contribution < 1.29 is 9.18 Å². The molecule has 0 bridgehead atoms. The molecule has 1 amide bonds. The molecular formula is C16H23FN2O. The fraction of sp³-hybridized carbons (Fsp3) is 0.562. The average Bonchev–Trinajstić information content (AvgIpc) is 2.48. The third-order valence-corrected chi connectivity index (χ3v) is 4.40. The fourth-order valence-corrected chi connectivity index (χ4v) is 2.94. The molecule has 3 N–H and O–H groups in total. The van der Waals surface area contributed by atoms with Crippen LogP contribution in [0.25, 0.3) is 0 Å². The van der Waals surface area contributed by atoms with Gasteiger partial charge in [-0.15, -0.1) is 0 Å². The number of benzene rings is 1. The molecule has 0 aliphatic heterocycles. The largest absolute Gasteiger partial charge is 0.349 e. The summed E-state index contributed by atoms with van der Waals surface area (Å²) in [5.41, 5.74) is 6.36. The van der Waals surface area contributed by atoms with Crippen molar-refractivity contribution in [2.24, 2.45) is 11.1 Å². The Labute approximate surface area is 119 Å². The maximum Gasteiger partial charge on any atom is 0.227 e. The van der Waals surface area contributed by atoms with Gasteiger partial charge in [-0.2, -0.15) is 0 Å². The Balaban J connectivity index is 2.04. The Morgan fingerprint density at radius 2 is 1.90 bits per heavy atom. The summed E-state index contributed by atoms with van der Waals surface area (Å²) in [5.74, 6) is -0.227. The van der Waals surface area contributed by atoms with Crippen LogP contribution in [-0.4, -0.2) is 12.5 Å². The molecule has 110 valence electrons. The monoisotopic (exact) mass is 278 g/mol. The molecule has 1 fully saturated rings. The van der Waals surface area contributed by atoms with E-state index in [1.807, 2.05) is 6.92 Å². The second-order valence-corrected chi connectivity index (χ2v) is 5.79. The van der Waals surface area contributed by atoms with Gasteiger partial charge in [0.15, 0.2) is 0 Å². The summed E-state index contributed by atoms with van der Waals surface area (Å²) in [7, 11) is 0. The van der Waals surface area contributed by atoms with E-state index in [1.165, 1.54) is 18.6 Å². The van der Waals surface area contributed by atoms with Crippen LogP contribution in [0.3, 0.4) is 0 Å². The Kier molecular flexibility index (Phi) is 4.76. The molecule has 4 heteroatoms. The predicted molar refractivity (Wildman–Crippen MR) is 77.5 cm³/mol. The molecule has 0 saturated heterocycles. The average molecular weight is 278 g/mol. The number of carbonyl (C=O) groups excluding carboxylic acids is 1. The minimum Gasteiger partial charge on any atom is -0.349 e. The van der Waals surface area contributed by atoms with Crippen LogP contribution >= 0.6 is 0 Å². The van der Waals surface area contributed by atoms with Crippen LogP contribution in [0, 0.1) is 11.2 Å². The van der Waals surface area contributed by atoms with Gasteiger partial charge in [0.05, 0.1) is 11.5 Å². The highest BCUT2D eigenvalue weighted by Gasteiger charge is 2.38. The quantitative estimate of drug-likeness (QED) is 0.889. The van der Waals surface area contributed by atoms with Crippen molar-refractivity contribution in [3.05, 3.63) is 35.6 Å². The Hall–Kier alpha value is -1.42. The number of carbonyl (C=O) groups is 1. The predicted octanol–water partition coefficient (Wildman–Crippen LogP) is 2.91. The summed E-state index contributed by atoms with van der Waals surface area (Å²) in [4.78, 5) is 12.5. The van der Waals surface area contributed by atoms with E-state index in [-0.39, 0.29) is 17.8 Å². The number of halogens is 1. The highest BCUT2D eigenvalue weighted by molar-refractivity contribution is 5.83. The minimum absolute atomic E-state index is 0.0384. The molecule has 0 radical (unpaired) electrons. The van der Waals surface area contributed by atoms with Crippen molar-refractivity contribution in [3.8, 4) is 0 Å². The van der Waals surface area contributed by atoms with Gasteiger partial charge in [0.2, 0.25) is 5.91 Å². The zero-order valence-electron chi connectivity index (χ0n) is 12.0. The van der Waals surface area contributed by atoms with Gasteiger partial charge in [0.25, 0.3) is 0 Å². The van der Waals surface area contributed by atoms with Crippen LogP contribution in [0.15, 0.2) is 24.3 Å². The zero-order valence-corrected chi connectivity index (χ0v) is 12.0. The first kappa shape index (κ1) is 15.0. The third kappa shape index (κ3) is 3.18. The minimum atomic E-state index is -0.410. The standard InChI is InChI=1S/C16H23FN2O/c1-12(13-5-7-14(17)8-6-13)19-15(20)16(11-18)9-3-2-4-10-16/h5-8,12H,2-4,9-11,18H2,1H3,(H,19,20)/t12-/m1/s1. The van der Waals surface area contributed by atoms with Crippen LogP contribution in [0.5, 0.6) is 0 Å². The van der Waals surface area contributed by atoms with E-state index in [4.69, 9.17) is 5.73 Å². The Morgan fingerprint density at radius 1 is 1.30 bits per heavy atom. The van der Waals surface area contributed by atoms with Gasteiger partial charge in [-0.05, 0) is 37.5 Å². The van der Waals surface area contributed by atoms with Gasteiger partial charge in [0.1, 0.15) is 5.82 Å². The third-order valence-electron chi connectivity index (χ3n) is 4.40. The normalized spacial score (nSPS) is 19.4. The molecule has 3 nitrogen and oxygen atoms in total. The highest BCUT2D eigenvalue weighted by Crippen LogP contribution is 2.36. The SMILES string of the molecule is C[C@@H](NC(=O)C1(CN)CCCCC1)c1ccc(F)cc1. The van der Waals surface area contributed by atoms with Crippen LogP contribution in [-0.2, 0) is 4.79 Å². The fourth-order valence-electron chi connectivity index (χ4n) is 2.94. The van der Waals surface area contributed by atoms with Crippen molar-refractivity contribution in [2.45, 2.75) is 45.1 Å². The summed E-state index contributed by atoms with van der Waals surface area (Å²) < 4.78 is 12.9. The van der Waals surface area contributed by atoms with Gasteiger partial charge in [-0.1, -0.05) is 31.4 Å². The van der Waals surface area contributed by atoms with Gasteiger partial charge in [0, 0.05) is 6.54 Å². The van der Waals surface area contributed by atoms with Crippen LogP contribution in [0.4, 0.5) is 4.39 Å². The summed E-state index contributed by atoms with van der Waals surface area (Å²) >= 11 is 0. The summed E-state index contributed by atoms with van der Waals surface area (Å²) in [6, 6.07) is 6.11. The van der Waals surface area contributed by atoms with Crippen molar-refractivity contribution in [1.82, 2.24) is 5.32 Å². The smallest absolute Gasteiger partial charge is 0.227 e. The van der Waals surface area contributed by atoms with Crippen LogP contribution in [0.1, 0.15) is 50.6 Å². The van der Waals surface area contributed by atoms with Crippen molar-refractivity contribution >= 4 is 5.91 Å². The molecule has 1 aliphatic carbocycles. The molecule has 0 unspecified atom stereocenters. The summed E-state index contributed by atoms with van der Waals surface area (Å²) in [5, 5.41) is 3.04. The van der Waals surface area contributed by atoms with Gasteiger partial charge >= 0.3 is 0 Å². The van der Waals surface area contributed by atoms with Crippen LogP contribution < -0.4 is 11.1 Å². The maximum absolute atomic E-state index is 12.9. The first-order valence-electron chi connectivity index (χ1n) is 7.34. The molecule has 1 aromatic rings. The van der Waals surface area contributed by atoms with E-state index in [0.717, 1.165) is 31.2 Å². The number of hydrogen-bond donors (Lipinski definition) is 2. The molecule has 2 rings (SSSR count). The Bertz CT molecular complexity index is 452. The lowest BCUT2D eigenvalue weighted by Crippen LogP contribution is -2.47. The zero-order chi connectivity index (χ0) is 14.6. The topological polar surface area (TPSA) is 55.1 Å². The van der Waals surface area contributed by atoms with E-state index in [1.54, 1.807) is 12.1 Å². The number of hydrogen-bond acceptors (Lipinski definition) is 2. The van der Waals surface area contributed by atoms with E-state index < -0.39 is 5.41 Å². The van der Waals surface area contributed by atoms with E-state index in [2.05, 4.69) is 5.32 Å². The highest BCUT2D eigenvalue weighted by atomic mass is 19.1. The molecule has 0 aromatic heterocycles. The number of amides is 1. The van der Waals surface area contributed by atoms with Crippen molar-refractivity contribution in [1.29, 1.82) is 0 Å². The maximum atomic E-state index is 12.9. The van der Waals surface area contributed by atoms with E-state index >= 15 is 0 Å². The molecule has 0 heterocycles. The molecule has 20 heavy (non-hydrogen) atoms. The van der Waals surface area contributed by atoms with Crippen molar-refractivity contribution in [3.63, 3.8) is 0 Å². The summed E-state index contributed by atoms with van der Waals surface area (Å²) in [6.07, 6.45) is 5.05. The lowest BCUT2D eigenvalue weighted by Gasteiger charge is -2.35. The Morgan fingerprint density at radius 3 is 2.45 bits per heavy atom. The number of nitrogens with one attached hydrogen (secondary N) is 1. The first-order chi connectivity index (χ1) is 9.57. The molecule has 1 aromatic carbocycles. The van der Waals surface area contributed by atoms with Gasteiger partial charge < -0.3 is 11.1 Å². The van der Waals surface area contributed by atoms with Crippen LogP contribution in [0.2, 0.25) is 0 Å².